The Balaban J connectivity index is 2.12. The Morgan fingerprint density at radius 1 is 1.25 bits per heavy atom. The number of ether oxygens (including phenoxy) is 1. The van der Waals surface area contributed by atoms with Crippen molar-refractivity contribution in [3.05, 3.63) is 50.7 Å². The van der Waals surface area contributed by atoms with Gasteiger partial charge >= 0.3 is 0 Å². The fourth-order valence-corrected chi connectivity index (χ4v) is 3.04. The monoisotopic (exact) mass is 309 g/mol. The number of hydrogen-bond acceptors (Lipinski definition) is 3. The highest BCUT2D eigenvalue weighted by atomic mass is 35.5. The standard InChI is InChI=1S/C16H20ClNOS/c1-4-13-6-7-14(20-13)10-19-16-8-5-12(17)9-15(16)11(2)18-3/h5-9,11,18H,4,10H2,1-3H3. The maximum absolute atomic E-state index is 6.08. The second-order valence-electron chi connectivity index (χ2n) is 4.70. The number of hydrogen-bond donors (Lipinski definition) is 1. The molecule has 1 unspecified atom stereocenters. The van der Waals surface area contributed by atoms with Crippen LogP contribution in [-0.2, 0) is 13.0 Å². The fourth-order valence-electron chi connectivity index (χ4n) is 1.98. The van der Waals surface area contributed by atoms with E-state index in [1.807, 2.05) is 36.6 Å². The molecule has 1 aromatic carbocycles. The molecule has 0 aliphatic carbocycles. The Kier molecular flexibility index (Phi) is 5.46. The minimum absolute atomic E-state index is 0.207. The summed E-state index contributed by atoms with van der Waals surface area (Å²) in [5, 5.41) is 3.96. The lowest BCUT2D eigenvalue weighted by Crippen LogP contribution is -2.13. The van der Waals surface area contributed by atoms with E-state index in [0.29, 0.717) is 6.61 Å². The topological polar surface area (TPSA) is 21.3 Å². The van der Waals surface area contributed by atoms with Gasteiger partial charge in [-0.1, -0.05) is 18.5 Å². The van der Waals surface area contributed by atoms with Gasteiger partial charge in [0, 0.05) is 26.4 Å². The van der Waals surface area contributed by atoms with Gasteiger partial charge in [-0.15, -0.1) is 11.3 Å². The first kappa shape index (κ1) is 15.4. The maximum Gasteiger partial charge on any atom is 0.124 e. The van der Waals surface area contributed by atoms with Gasteiger partial charge in [-0.2, -0.15) is 0 Å². The van der Waals surface area contributed by atoms with Gasteiger partial charge < -0.3 is 10.1 Å². The van der Waals surface area contributed by atoms with E-state index in [0.717, 1.165) is 22.8 Å². The Bertz CT molecular complexity index is 567. The molecule has 0 aliphatic heterocycles. The predicted molar refractivity (Wildman–Crippen MR) is 87.0 cm³/mol. The van der Waals surface area contributed by atoms with Crippen molar-refractivity contribution in [3.8, 4) is 5.75 Å². The maximum atomic E-state index is 6.08. The highest BCUT2D eigenvalue weighted by Gasteiger charge is 2.11. The van der Waals surface area contributed by atoms with Crippen molar-refractivity contribution >= 4 is 22.9 Å². The Labute approximate surface area is 129 Å². The summed E-state index contributed by atoms with van der Waals surface area (Å²) in [6, 6.07) is 10.3. The van der Waals surface area contributed by atoms with E-state index in [1.165, 1.54) is 9.75 Å². The molecule has 1 aromatic heterocycles. The predicted octanol–water partition coefficient (Wildman–Crippen LogP) is 4.82. The van der Waals surface area contributed by atoms with Crippen molar-refractivity contribution in [1.82, 2.24) is 5.32 Å². The third kappa shape index (κ3) is 3.75. The third-order valence-electron chi connectivity index (χ3n) is 3.31. The number of halogens is 1. The van der Waals surface area contributed by atoms with Gasteiger partial charge in [0.15, 0.2) is 0 Å². The summed E-state index contributed by atoms with van der Waals surface area (Å²) >= 11 is 7.88. The SMILES string of the molecule is CCc1ccc(COc2ccc(Cl)cc2C(C)NC)s1. The van der Waals surface area contributed by atoms with E-state index in [4.69, 9.17) is 16.3 Å². The van der Waals surface area contributed by atoms with Crippen molar-refractivity contribution in [2.45, 2.75) is 32.9 Å². The summed E-state index contributed by atoms with van der Waals surface area (Å²) in [6.07, 6.45) is 1.08. The molecule has 108 valence electrons. The largest absolute Gasteiger partial charge is 0.488 e. The lowest BCUT2D eigenvalue weighted by Gasteiger charge is -2.16. The van der Waals surface area contributed by atoms with Gasteiger partial charge in [-0.05, 0) is 50.7 Å². The van der Waals surface area contributed by atoms with Gasteiger partial charge in [0.1, 0.15) is 12.4 Å². The Morgan fingerprint density at radius 2 is 2.00 bits per heavy atom. The molecule has 0 saturated heterocycles. The second-order valence-corrected chi connectivity index (χ2v) is 6.39. The van der Waals surface area contributed by atoms with Crippen LogP contribution in [0.5, 0.6) is 5.75 Å². The van der Waals surface area contributed by atoms with Crippen LogP contribution < -0.4 is 10.1 Å². The molecule has 0 bridgehead atoms. The Morgan fingerprint density at radius 3 is 2.65 bits per heavy atom. The molecule has 1 atom stereocenters. The highest BCUT2D eigenvalue weighted by molar-refractivity contribution is 7.11. The van der Waals surface area contributed by atoms with Gasteiger partial charge in [-0.3, -0.25) is 0 Å². The molecule has 1 heterocycles. The van der Waals surface area contributed by atoms with Crippen LogP contribution in [0.15, 0.2) is 30.3 Å². The van der Waals surface area contributed by atoms with Crippen LogP contribution in [0.4, 0.5) is 0 Å². The first-order valence-corrected chi connectivity index (χ1v) is 8.00. The molecule has 0 radical (unpaired) electrons. The van der Waals surface area contributed by atoms with E-state index in [9.17, 15) is 0 Å². The highest BCUT2D eigenvalue weighted by Crippen LogP contribution is 2.29. The van der Waals surface area contributed by atoms with E-state index in [-0.39, 0.29) is 6.04 Å². The van der Waals surface area contributed by atoms with E-state index in [2.05, 4.69) is 31.3 Å². The lowest BCUT2D eigenvalue weighted by atomic mass is 10.1. The van der Waals surface area contributed by atoms with Gasteiger partial charge in [0.05, 0.1) is 0 Å². The summed E-state index contributed by atoms with van der Waals surface area (Å²) in [5.41, 5.74) is 1.09. The summed E-state index contributed by atoms with van der Waals surface area (Å²) < 4.78 is 5.97. The molecule has 20 heavy (non-hydrogen) atoms. The molecule has 0 fully saturated rings. The van der Waals surface area contributed by atoms with Crippen LogP contribution in [0.3, 0.4) is 0 Å². The van der Waals surface area contributed by atoms with Gasteiger partial charge in [0.2, 0.25) is 0 Å². The van der Waals surface area contributed by atoms with Crippen LogP contribution in [0.1, 0.15) is 35.2 Å². The number of aryl methyl sites for hydroxylation is 1. The summed E-state index contributed by atoms with van der Waals surface area (Å²) in [5.74, 6) is 0.891. The molecule has 4 heteroatoms. The number of benzene rings is 1. The molecular weight excluding hydrogens is 290 g/mol. The fraction of sp³-hybridized carbons (Fsp3) is 0.375. The average Bonchev–Trinajstić information content (AvgIpc) is 2.93. The number of thiophene rings is 1. The summed E-state index contributed by atoms with van der Waals surface area (Å²) in [7, 11) is 1.93. The van der Waals surface area contributed by atoms with Crippen molar-refractivity contribution in [3.63, 3.8) is 0 Å². The normalized spacial score (nSPS) is 12.4. The van der Waals surface area contributed by atoms with Gasteiger partial charge in [-0.25, -0.2) is 0 Å². The van der Waals surface area contributed by atoms with Crippen molar-refractivity contribution in [2.24, 2.45) is 0 Å². The molecule has 1 N–H and O–H groups in total. The minimum Gasteiger partial charge on any atom is -0.488 e. The number of rotatable bonds is 6. The van der Waals surface area contributed by atoms with E-state index >= 15 is 0 Å². The molecule has 0 aliphatic rings. The average molecular weight is 310 g/mol. The minimum atomic E-state index is 0.207. The quantitative estimate of drug-likeness (QED) is 0.825. The van der Waals surface area contributed by atoms with Crippen molar-refractivity contribution < 1.29 is 4.74 Å². The van der Waals surface area contributed by atoms with Crippen LogP contribution in [-0.4, -0.2) is 7.05 Å². The molecule has 2 aromatic rings. The van der Waals surface area contributed by atoms with Crippen molar-refractivity contribution in [2.75, 3.05) is 7.05 Å². The van der Waals surface area contributed by atoms with Crippen LogP contribution in [0.25, 0.3) is 0 Å². The van der Waals surface area contributed by atoms with Crippen molar-refractivity contribution in [1.29, 1.82) is 0 Å². The van der Waals surface area contributed by atoms with Gasteiger partial charge in [0.25, 0.3) is 0 Å². The summed E-state index contributed by atoms with van der Waals surface area (Å²) in [4.78, 5) is 2.64. The molecule has 2 rings (SSSR count). The van der Waals surface area contributed by atoms with Crippen LogP contribution in [0.2, 0.25) is 5.02 Å². The first-order chi connectivity index (χ1) is 9.63. The smallest absolute Gasteiger partial charge is 0.124 e. The second kappa shape index (κ2) is 7.11. The third-order valence-corrected chi connectivity index (χ3v) is 4.75. The molecular formula is C16H20ClNOS. The lowest BCUT2D eigenvalue weighted by molar-refractivity contribution is 0.304. The molecule has 2 nitrogen and oxygen atoms in total. The molecule has 0 saturated carbocycles. The first-order valence-electron chi connectivity index (χ1n) is 6.81. The van der Waals surface area contributed by atoms with Crippen LogP contribution in [0, 0.1) is 0 Å². The molecule has 0 spiro atoms. The number of nitrogens with one attached hydrogen (secondary N) is 1. The Hall–Kier alpha value is -1.03. The van der Waals surface area contributed by atoms with E-state index < -0.39 is 0 Å². The zero-order valence-corrected chi connectivity index (χ0v) is 13.6. The van der Waals surface area contributed by atoms with Crippen LogP contribution >= 0.6 is 22.9 Å². The summed E-state index contributed by atoms with van der Waals surface area (Å²) in [6.45, 7) is 4.87. The zero-order chi connectivity index (χ0) is 14.5. The van der Waals surface area contributed by atoms with E-state index in [1.54, 1.807) is 0 Å². The molecule has 0 amide bonds. The zero-order valence-electron chi connectivity index (χ0n) is 12.1.